The van der Waals surface area contributed by atoms with Crippen LogP contribution in [0.3, 0.4) is 0 Å². The fraction of sp³-hybridized carbons (Fsp3) is 0.276. The summed E-state index contributed by atoms with van der Waals surface area (Å²) in [5, 5.41) is 0. The van der Waals surface area contributed by atoms with E-state index < -0.39 is 0 Å². The molecule has 0 saturated heterocycles. The van der Waals surface area contributed by atoms with E-state index >= 15 is 0 Å². The fourth-order valence-electron chi connectivity index (χ4n) is 3.25. The molecule has 0 spiro atoms. The maximum absolute atomic E-state index is 3.36. The first-order chi connectivity index (χ1) is 14.5. The van der Waals surface area contributed by atoms with Gasteiger partial charge in [-0.25, -0.2) is 17.7 Å². The van der Waals surface area contributed by atoms with Gasteiger partial charge in [0.15, 0.2) is 0 Å². The van der Waals surface area contributed by atoms with Crippen molar-refractivity contribution in [2.75, 3.05) is 0 Å². The number of hydrogen-bond donors (Lipinski definition) is 0. The van der Waals surface area contributed by atoms with Crippen LogP contribution in [0.4, 0.5) is 0 Å². The molecule has 2 aromatic carbocycles. The van der Waals surface area contributed by atoms with E-state index in [-0.39, 0.29) is 24.8 Å². The van der Waals surface area contributed by atoms with Crippen LogP contribution in [-0.4, -0.2) is 3.21 Å². The van der Waals surface area contributed by atoms with Crippen LogP contribution in [0.1, 0.15) is 45.2 Å². The number of rotatable bonds is 4. The van der Waals surface area contributed by atoms with Gasteiger partial charge >= 0.3 is 112 Å². The van der Waals surface area contributed by atoms with Crippen molar-refractivity contribution in [1.29, 1.82) is 0 Å². The van der Waals surface area contributed by atoms with E-state index in [4.69, 9.17) is 0 Å². The van der Waals surface area contributed by atoms with Crippen molar-refractivity contribution < 1.29 is 24.2 Å². The Morgan fingerprint density at radius 1 is 0.875 bits per heavy atom. The van der Waals surface area contributed by atoms with Crippen LogP contribution in [-0.2, 0) is 37.1 Å². The van der Waals surface area contributed by atoms with Crippen LogP contribution in [0.5, 0.6) is 0 Å². The van der Waals surface area contributed by atoms with Crippen molar-refractivity contribution in [1.82, 2.24) is 0 Å². The number of benzene rings is 2. The molecule has 0 radical (unpaired) electrons. The molecule has 1 unspecified atom stereocenters. The SMILES string of the molecule is CC1=[C-]C(C)C(C)=C1C.Cl.Cl.[C-]1=CC=CC1.[Zr+2]=[C](Cc1ccccc1)Cc1ccccc1. The van der Waals surface area contributed by atoms with Gasteiger partial charge in [-0.3, -0.25) is 12.2 Å². The molecule has 0 nitrogen and oxygen atoms in total. The van der Waals surface area contributed by atoms with Gasteiger partial charge in [0.25, 0.3) is 0 Å². The molecule has 0 aromatic heterocycles. The fourth-order valence-corrected chi connectivity index (χ4v) is 4.25. The molecule has 2 aromatic rings. The molecule has 2 aliphatic rings. The summed E-state index contributed by atoms with van der Waals surface area (Å²) in [7, 11) is 0. The summed E-state index contributed by atoms with van der Waals surface area (Å²) in [4.78, 5) is 0. The van der Waals surface area contributed by atoms with E-state index in [9.17, 15) is 0 Å². The number of halogens is 2. The van der Waals surface area contributed by atoms with Crippen LogP contribution < -0.4 is 0 Å². The zero-order valence-electron chi connectivity index (χ0n) is 19.5. The van der Waals surface area contributed by atoms with Crippen molar-refractivity contribution >= 4 is 28.0 Å². The molecule has 32 heavy (non-hydrogen) atoms. The van der Waals surface area contributed by atoms with Gasteiger partial charge in [-0.15, -0.1) is 38.2 Å². The zero-order valence-corrected chi connectivity index (χ0v) is 23.6. The normalized spacial score (nSPS) is 15.4. The Kier molecular flexibility index (Phi) is 16.6. The van der Waals surface area contributed by atoms with Crippen LogP contribution in [0, 0.1) is 18.1 Å². The van der Waals surface area contributed by atoms with Gasteiger partial charge in [0.2, 0.25) is 0 Å². The molecule has 0 saturated carbocycles. The predicted octanol–water partition coefficient (Wildman–Crippen LogP) is 8.06. The van der Waals surface area contributed by atoms with E-state index in [1.54, 1.807) is 27.4 Å². The second-order valence-corrected chi connectivity index (χ2v) is 9.47. The van der Waals surface area contributed by atoms with Gasteiger partial charge in [0, 0.05) is 0 Å². The number of hydrogen-bond acceptors (Lipinski definition) is 0. The molecule has 0 amide bonds. The minimum absolute atomic E-state index is 0. The quantitative estimate of drug-likeness (QED) is 0.342. The molecule has 2 aliphatic carbocycles. The van der Waals surface area contributed by atoms with Crippen LogP contribution in [0.2, 0.25) is 0 Å². The van der Waals surface area contributed by atoms with Crippen molar-refractivity contribution in [3.8, 4) is 0 Å². The van der Waals surface area contributed by atoms with Gasteiger partial charge in [-0.05, 0) is 0 Å². The monoisotopic (exact) mass is 542 g/mol. The van der Waals surface area contributed by atoms with E-state index in [0.717, 1.165) is 19.3 Å². The summed E-state index contributed by atoms with van der Waals surface area (Å²) in [5.41, 5.74) is 7.09. The van der Waals surface area contributed by atoms with Crippen molar-refractivity contribution in [3.63, 3.8) is 0 Å². The second-order valence-electron chi connectivity index (χ2n) is 7.73. The predicted molar refractivity (Wildman–Crippen MR) is 141 cm³/mol. The Hall–Kier alpha value is -1.27. The third kappa shape index (κ3) is 11.6. The van der Waals surface area contributed by atoms with Crippen LogP contribution in [0.25, 0.3) is 0 Å². The Labute approximate surface area is 222 Å². The summed E-state index contributed by atoms with van der Waals surface area (Å²) in [5.74, 6) is 0.560. The summed E-state index contributed by atoms with van der Waals surface area (Å²) in [6, 6.07) is 21.4. The van der Waals surface area contributed by atoms with Gasteiger partial charge < -0.3 is 0 Å². The average molecular weight is 545 g/mol. The topological polar surface area (TPSA) is 0 Å². The Morgan fingerprint density at radius 3 is 1.62 bits per heavy atom. The third-order valence-electron chi connectivity index (χ3n) is 5.34. The molecule has 0 fully saturated rings. The summed E-state index contributed by atoms with van der Waals surface area (Å²) in [6.07, 6.45) is 15.6. The Balaban J connectivity index is 0.000000508. The van der Waals surface area contributed by atoms with Crippen molar-refractivity contribution in [2.24, 2.45) is 5.92 Å². The minimum atomic E-state index is 0. The van der Waals surface area contributed by atoms with Gasteiger partial charge in [0.05, 0.1) is 0 Å². The molecule has 0 N–H and O–H groups in total. The molecule has 4 rings (SSSR count). The van der Waals surface area contributed by atoms with E-state index in [2.05, 4.69) is 107 Å². The van der Waals surface area contributed by atoms with E-state index in [0.29, 0.717) is 5.92 Å². The molecular weight excluding hydrogens is 510 g/mol. The second kappa shape index (κ2) is 17.2. The molecule has 0 bridgehead atoms. The third-order valence-corrected chi connectivity index (χ3v) is 6.21. The Morgan fingerprint density at radius 2 is 1.38 bits per heavy atom. The molecule has 0 aliphatic heterocycles. The van der Waals surface area contributed by atoms with Gasteiger partial charge in [-0.1, -0.05) is 26.7 Å². The van der Waals surface area contributed by atoms with Gasteiger partial charge in [0.1, 0.15) is 0 Å². The number of allylic oxidation sites excluding steroid dienone is 8. The van der Waals surface area contributed by atoms with E-state index in [1.807, 2.05) is 12.2 Å². The molecular formula is C29H34Cl2Zr. The molecule has 168 valence electrons. The maximum atomic E-state index is 3.36. The average Bonchev–Trinajstić information content (AvgIpc) is 3.40. The first-order valence-corrected chi connectivity index (χ1v) is 11.8. The summed E-state index contributed by atoms with van der Waals surface area (Å²) in [6.45, 7) is 8.67. The molecule has 0 heterocycles. The first kappa shape index (κ1) is 30.7. The standard InChI is InChI=1S/C15H14.C9H13.C5H5.2ClH.Zr/c1-3-8-14(9-4-1)12-7-13-15-10-5-2-6-11-15;1-6-5-7(2)9(4)8(6)3;1-2-4-5-3-1;;;/h1-6,8-11H,12-13H2;6H,1-4H3;1-3H,4H2;2*1H;/q;2*-1;;;+2. The molecule has 3 heteroatoms. The first-order valence-electron chi connectivity index (χ1n) is 10.6. The molecule has 1 atom stereocenters. The Bertz CT molecular complexity index is 869. The van der Waals surface area contributed by atoms with Crippen LogP contribution >= 0.6 is 24.8 Å². The van der Waals surface area contributed by atoms with E-state index in [1.165, 1.54) is 27.8 Å². The van der Waals surface area contributed by atoms with Gasteiger partial charge in [-0.2, -0.15) is 17.2 Å². The summed E-state index contributed by atoms with van der Waals surface area (Å²) < 4.78 is 1.60. The summed E-state index contributed by atoms with van der Waals surface area (Å²) >= 11 is 1.55. The van der Waals surface area contributed by atoms with Crippen LogP contribution in [0.15, 0.2) is 95.6 Å². The van der Waals surface area contributed by atoms with Crippen molar-refractivity contribution in [3.05, 3.63) is 119 Å². The van der Waals surface area contributed by atoms with Crippen molar-refractivity contribution in [2.45, 2.75) is 47.0 Å². The zero-order chi connectivity index (χ0) is 21.8.